The predicted octanol–water partition coefficient (Wildman–Crippen LogP) is 2.36. The number of hydrogen-bond acceptors (Lipinski definition) is 6. The summed E-state index contributed by atoms with van der Waals surface area (Å²) in [6.07, 6.45) is 9.94. The molecule has 0 spiro atoms. The Balaban J connectivity index is 1.23. The van der Waals surface area contributed by atoms with Crippen molar-refractivity contribution in [2.75, 3.05) is 13.1 Å². The van der Waals surface area contributed by atoms with E-state index in [0.717, 1.165) is 24.2 Å². The zero-order valence-corrected chi connectivity index (χ0v) is 16.7. The Labute approximate surface area is 165 Å². The number of likely N-dealkylation sites (tertiary alicyclic amines) is 1. The van der Waals surface area contributed by atoms with Gasteiger partial charge in [-0.25, -0.2) is 0 Å². The lowest BCUT2D eigenvalue weighted by atomic mass is 9.53. The number of nitrogens with zero attached hydrogens (tertiary/aromatic N) is 3. The quantitative estimate of drug-likeness (QED) is 0.755. The minimum atomic E-state index is -0.462. The molecule has 4 saturated carbocycles. The van der Waals surface area contributed by atoms with E-state index < -0.39 is 6.04 Å². The lowest BCUT2D eigenvalue weighted by Crippen LogP contribution is -2.60. The first-order valence-electron chi connectivity index (χ1n) is 11.0. The van der Waals surface area contributed by atoms with Gasteiger partial charge in [0.2, 0.25) is 17.6 Å². The molecular formula is C21H30N4O3. The average molecular weight is 386 g/mol. The van der Waals surface area contributed by atoms with Crippen LogP contribution in [0.3, 0.4) is 0 Å². The number of Topliss-reactive ketones (excluding diaryl/α,β-unsaturated/α-hetero) is 1. The van der Waals surface area contributed by atoms with Crippen LogP contribution in [-0.2, 0) is 11.2 Å². The van der Waals surface area contributed by atoms with Crippen LogP contribution in [-0.4, -0.2) is 51.5 Å². The number of amides is 1. The third-order valence-corrected chi connectivity index (χ3v) is 7.51. The summed E-state index contributed by atoms with van der Waals surface area (Å²) in [5.41, 5.74) is 0.159. The van der Waals surface area contributed by atoms with Crippen LogP contribution in [0.2, 0.25) is 0 Å². The summed E-state index contributed by atoms with van der Waals surface area (Å²) in [6.45, 7) is 2.87. The van der Waals surface area contributed by atoms with Gasteiger partial charge < -0.3 is 14.6 Å². The molecule has 1 N–H and O–H groups in total. The normalized spacial score (nSPS) is 36.2. The van der Waals surface area contributed by atoms with Crippen molar-refractivity contribution in [3.63, 3.8) is 0 Å². The molecule has 5 aliphatic rings. The Morgan fingerprint density at radius 1 is 1.14 bits per heavy atom. The van der Waals surface area contributed by atoms with Gasteiger partial charge in [-0.2, -0.15) is 0 Å². The van der Waals surface area contributed by atoms with Crippen LogP contribution in [0.1, 0.15) is 74.9 Å². The van der Waals surface area contributed by atoms with Crippen molar-refractivity contribution < 1.29 is 14.0 Å². The number of rotatable bonds is 6. The maximum atomic E-state index is 13.0. The highest BCUT2D eigenvalue weighted by Crippen LogP contribution is 2.55. The molecule has 0 aromatic carbocycles. The maximum Gasteiger partial charge on any atom is 0.286 e. The van der Waals surface area contributed by atoms with E-state index in [-0.39, 0.29) is 23.1 Å². The van der Waals surface area contributed by atoms with Crippen molar-refractivity contribution in [3.05, 3.63) is 11.8 Å². The molecule has 0 radical (unpaired) electrons. The first-order valence-corrected chi connectivity index (χ1v) is 11.0. The maximum absolute atomic E-state index is 13.0. The Hall–Kier alpha value is -1.76. The molecule has 152 valence electrons. The highest BCUT2D eigenvalue weighted by molar-refractivity contribution is 5.98. The standard InChI is InChI=1S/C21H30N4O3/c1-2-17-23-24-20(28-17)19(27)16-4-3-5-25(16)18(26)12-22-21-9-13-6-14(10-21)8-15(7-13)11-21/h13-16,22H,2-12H2,1H3. The zero-order chi connectivity index (χ0) is 19.3. The molecule has 1 aromatic heterocycles. The van der Waals surface area contributed by atoms with Crippen molar-refractivity contribution in [2.24, 2.45) is 17.8 Å². The van der Waals surface area contributed by atoms with E-state index in [4.69, 9.17) is 4.42 Å². The molecule has 1 saturated heterocycles. The van der Waals surface area contributed by atoms with E-state index in [1.165, 1.54) is 38.5 Å². The molecule has 1 unspecified atom stereocenters. The fraction of sp³-hybridized carbons (Fsp3) is 0.810. The number of carbonyl (C=O) groups excluding carboxylic acids is 2. The van der Waals surface area contributed by atoms with E-state index in [9.17, 15) is 9.59 Å². The second-order valence-electron chi connectivity index (χ2n) is 9.52. The van der Waals surface area contributed by atoms with Crippen LogP contribution in [0.4, 0.5) is 0 Å². The van der Waals surface area contributed by atoms with Gasteiger partial charge in [0.1, 0.15) is 6.04 Å². The van der Waals surface area contributed by atoms with Crippen molar-refractivity contribution in [1.29, 1.82) is 0 Å². The van der Waals surface area contributed by atoms with Crippen molar-refractivity contribution in [1.82, 2.24) is 20.4 Å². The molecule has 1 aromatic rings. The molecule has 4 bridgehead atoms. The van der Waals surface area contributed by atoms with Gasteiger partial charge in [-0.1, -0.05) is 6.92 Å². The van der Waals surface area contributed by atoms with Crippen LogP contribution in [0.25, 0.3) is 0 Å². The summed E-state index contributed by atoms with van der Waals surface area (Å²) < 4.78 is 5.43. The molecular weight excluding hydrogens is 356 g/mol. The van der Waals surface area contributed by atoms with Crippen LogP contribution >= 0.6 is 0 Å². The van der Waals surface area contributed by atoms with Gasteiger partial charge in [-0.15, -0.1) is 10.2 Å². The second-order valence-corrected chi connectivity index (χ2v) is 9.52. The third kappa shape index (κ3) is 3.17. The summed E-state index contributed by atoms with van der Waals surface area (Å²) in [4.78, 5) is 27.5. The summed E-state index contributed by atoms with van der Waals surface area (Å²) in [5.74, 6) is 2.86. The van der Waals surface area contributed by atoms with Gasteiger partial charge >= 0.3 is 0 Å². The van der Waals surface area contributed by atoms with Crippen LogP contribution in [0.15, 0.2) is 4.42 Å². The number of aryl methyl sites for hydroxylation is 1. The van der Waals surface area contributed by atoms with E-state index >= 15 is 0 Å². The molecule has 1 amide bonds. The summed E-state index contributed by atoms with van der Waals surface area (Å²) in [5, 5.41) is 11.4. The molecule has 5 fully saturated rings. The predicted molar refractivity (Wildman–Crippen MR) is 102 cm³/mol. The lowest BCUT2D eigenvalue weighted by Gasteiger charge is -2.57. The Morgan fingerprint density at radius 3 is 2.43 bits per heavy atom. The summed E-state index contributed by atoms with van der Waals surface area (Å²) >= 11 is 0. The topological polar surface area (TPSA) is 88.3 Å². The minimum absolute atomic E-state index is 0.0295. The van der Waals surface area contributed by atoms with Gasteiger partial charge in [0.05, 0.1) is 6.54 Å². The van der Waals surface area contributed by atoms with Gasteiger partial charge in [-0.3, -0.25) is 9.59 Å². The number of carbonyl (C=O) groups is 2. The molecule has 4 aliphatic carbocycles. The highest BCUT2D eigenvalue weighted by atomic mass is 16.4. The van der Waals surface area contributed by atoms with E-state index in [0.29, 0.717) is 31.8 Å². The number of nitrogens with one attached hydrogen (secondary N) is 1. The van der Waals surface area contributed by atoms with Crippen molar-refractivity contribution in [2.45, 2.75) is 76.3 Å². The van der Waals surface area contributed by atoms with Crippen molar-refractivity contribution in [3.8, 4) is 0 Å². The first kappa shape index (κ1) is 18.3. The molecule has 28 heavy (non-hydrogen) atoms. The minimum Gasteiger partial charge on any atom is -0.418 e. The largest absolute Gasteiger partial charge is 0.418 e. The molecule has 1 atom stereocenters. The van der Waals surface area contributed by atoms with E-state index in [1.54, 1.807) is 4.90 Å². The van der Waals surface area contributed by atoms with Crippen LogP contribution in [0.5, 0.6) is 0 Å². The Kier molecular flexibility index (Phi) is 4.53. The summed E-state index contributed by atoms with van der Waals surface area (Å²) in [7, 11) is 0. The Bertz CT molecular complexity index is 738. The number of ketones is 1. The highest BCUT2D eigenvalue weighted by Gasteiger charge is 2.51. The zero-order valence-electron chi connectivity index (χ0n) is 16.7. The van der Waals surface area contributed by atoms with Crippen molar-refractivity contribution >= 4 is 11.7 Å². The lowest BCUT2D eigenvalue weighted by molar-refractivity contribution is -0.131. The summed E-state index contributed by atoms with van der Waals surface area (Å²) in [6, 6.07) is -0.462. The van der Waals surface area contributed by atoms with Crippen LogP contribution < -0.4 is 5.32 Å². The van der Waals surface area contributed by atoms with Gasteiger partial charge in [-0.05, 0) is 69.1 Å². The molecule has 6 rings (SSSR count). The fourth-order valence-corrected chi connectivity index (χ4v) is 6.67. The number of aromatic nitrogens is 2. The monoisotopic (exact) mass is 386 g/mol. The molecule has 7 nitrogen and oxygen atoms in total. The van der Waals surface area contributed by atoms with Gasteiger partial charge in [0.25, 0.3) is 5.89 Å². The van der Waals surface area contributed by atoms with Crippen LogP contribution in [0, 0.1) is 17.8 Å². The Morgan fingerprint density at radius 2 is 1.82 bits per heavy atom. The smallest absolute Gasteiger partial charge is 0.286 e. The average Bonchev–Trinajstić information content (AvgIpc) is 3.34. The third-order valence-electron chi connectivity index (χ3n) is 7.51. The molecule has 7 heteroatoms. The second kappa shape index (κ2) is 6.94. The van der Waals surface area contributed by atoms with Gasteiger partial charge in [0.15, 0.2) is 0 Å². The fourth-order valence-electron chi connectivity index (χ4n) is 6.67. The first-order chi connectivity index (χ1) is 13.5. The van der Waals surface area contributed by atoms with Gasteiger partial charge in [0, 0.05) is 18.5 Å². The molecule has 1 aliphatic heterocycles. The SMILES string of the molecule is CCc1nnc(C(=O)C2CCCN2C(=O)CNC23CC4CC(CC(C4)C2)C3)o1. The van der Waals surface area contributed by atoms with E-state index in [2.05, 4.69) is 15.5 Å². The molecule has 2 heterocycles. The van der Waals surface area contributed by atoms with E-state index in [1.807, 2.05) is 6.92 Å². The number of hydrogen-bond donors (Lipinski definition) is 1.